The summed E-state index contributed by atoms with van der Waals surface area (Å²) in [5, 5.41) is 3.46. The van der Waals surface area contributed by atoms with Crippen LogP contribution in [-0.2, 0) is 16.0 Å². The summed E-state index contributed by atoms with van der Waals surface area (Å²) in [6, 6.07) is 10.5. The lowest BCUT2D eigenvalue weighted by molar-refractivity contribution is -0.126. The van der Waals surface area contributed by atoms with Crippen molar-refractivity contribution in [2.75, 3.05) is 11.4 Å². The van der Waals surface area contributed by atoms with Gasteiger partial charge in [-0.2, -0.15) is 0 Å². The zero-order valence-corrected chi connectivity index (χ0v) is 13.9. The molecule has 2 heterocycles. The third-order valence-electron chi connectivity index (χ3n) is 4.04. The number of carbonyl (C=O) groups excluding carboxylic acids is 2. The number of pyridine rings is 1. The maximum absolute atomic E-state index is 12.5. The van der Waals surface area contributed by atoms with Crippen LogP contribution < -0.4 is 10.2 Å². The van der Waals surface area contributed by atoms with Gasteiger partial charge in [-0.1, -0.05) is 17.7 Å². The number of hydrogen-bond donors (Lipinski definition) is 1. The van der Waals surface area contributed by atoms with E-state index in [1.54, 1.807) is 29.4 Å². The molecule has 1 aliphatic heterocycles. The molecule has 0 aliphatic carbocycles. The molecule has 1 aromatic carbocycles. The van der Waals surface area contributed by atoms with Crippen molar-refractivity contribution in [3.63, 3.8) is 0 Å². The number of benzene rings is 1. The van der Waals surface area contributed by atoms with Crippen LogP contribution in [0.25, 0.3) is 0 Å². The van der Waals surface area contributed by atoms with Gasteiger partial charge in [0.25, 0.3) is 0 Å². The Morgan fingerprint density at radius 2 is 2.08 bits per heavy atom. The lowest BCUT2D eigenvalue weighted by Crippen LogP contribution is -2.41. The van der Waals surface area contributed by atoms with Gasteiger partial charge < -0.3 is 10.2 Å². The van der Waals surface area contributed by atoms with Crippen molar-refractivity contribution in [1.82, 2.24) is 10.3 Å². The molecule has 1 aliphatic rings. The van der Waals surface area contributed by atoms with Crippen molar-refractivity contribution in [2.24, 2.45) is 0 Å². The van der Waals surface area contributed by atoms with E-state index < -0.39 is 6.04 Å². The molecule has 3 rings (SSSR count). The van der Waals surface area contributed by atoms with Crippen molar-refractivity contribution >= 4 is 29.1 Å². The monoisotopic (exact) mass is 343 g/mol. The van der Waals surface area contributed by atoms with E-state index in [0.29, 0.717) is 30.8 Å². The van der Waals surface area contributed by atoms with Gasteiger partial charge in [-0.25, -0.2) is 0 Å². The smallest absolute Gasteiger partial charge is 0.249 e. The van der Waals surface area contributed by atoms with Crippen molar-refractivity contribution in [1.29, 1.82) is 0 Å². The normalized spacial score (nSPS) is 17.1. The van der Waals surface area contributed by atoms with Crippen LogP contribution in [0.5, 0.6) is 0 Å². The molecule has 0 radical (unpaired) electrons. The lowest BCUT2D eigenvalue weighted by Gasteiger charge is -2.17. The van der Waals surface area contributed by atoms with E-state index in [1.807, 2.05) is 24.3 Å². The molecule has 2 aromatic rings. The van der Waals surface area contributed by atoms with Crippen molar-refractivity contribution < 1.29 is 9.59 Å². The number of aryl methyl sites for hydroxylation is 1. The number of aromatic nitrogens is 1. The van der Waals surface area contributed by atoms with Crippen LogP contribution in [0.2, 0.25) is 5.02 Å². The summed E-state index contributed by atoms with van der Waals surface area (Å²) >= 11 is 5.87. The number of carbonyl (C=O) groups is 2. The summed E-state index contributed by atoms with van der Waals surface area (Å²) in [5.74, 6) is -0.192. The molecule has 1 fully saturated rings. The molecule has 0 unspecified atom stereocenters. The molecular weight excluding hydrogens is 326 g/mol. The minimum Gasteiger partial charge on any atom is -0.344 e. The van der Waals surface area contributed by atoms with E-state index in [-0.39, 0.29) is 11.8 Å². The number of halogens is 1. The Morgan fingerprint density at radius 3 is 2.79 bits per heavy atom. The molecule has 1 aromatic heterocycles. The maximum atomic E-state index is 12.5. The molecule has 24 heavy (non-hydrogen) atoms. The van der Waals surface area contributed by atoms with Gasteiger partial charge >= 0.3 is 0 Å². The molecule has 0 bridgehead atoms. The largest absolute Gasteiger partial charge is 0.344 e. The Bertz CT molecular complexity index is 719. The first-order chi connectivity index (χ1) is 11.6. The highest BCUT2D eigenvalue weighted by Crippen LogP contribution is 2.23. The van der Waals surface area contributed by atoms with Gasteiger partial charge in [0.15, 0.2) is 0 Å². The summed E-state index contributed by atoms with van der Waals surface area (Å²) in [7, 11) is 0. The Labute approximate surface area is 145 Å². The van der Waals surface area contributed by atoms with Crippen LogP contribution in [0.1, 0.15) is 18.4 Å². The van der Waals surface area contributed by atoms with E-state index in [2.05, 4.69) is 10.3 Å². The standard InChI is InChI=1S/C18H18ClN3O2/c19-14-4-6-15(7-5-14)22-11-9-16(18(22)24)21-17(23)8-3-13-2-1-10-20-12-13/h1-2,4-7,10,12,16H,3,8-9,11H2,(H,21,23)/t16-/m0/s1. The van der Waals surface area contributed by atoms with Gasteiger partial charge in [-0.3, -0.25) is 14.6 Å². The summed E-state index contributed by atoms with van der Waals surface area (Å²) < 4.78 is 0. The van der Waals surface area contributed by atoms with Gasteiger partial charge in [0, 0.05) is 36.1 Å². The van der Waals surface area contributed by atoms with E-state index in [0.717, 1.165) is 11.3 Å². The lowest BCUT2D eigenvalue weighted by atomic mass is 10.1. The highest BCUT2D eigenvalue weighted by molar-refractivity contribution is 6.30. The summed E-state index contributed by atoms with van der Waals surface area (Å²) in [6.07, 6.45) is 5.01. The fourth-order valence-corrected chi connectivity index (χ4v) is 2.89. The zero-order chi connectivity index (χ0) is 16.9. The van der Waals surface area contributed by atoms with Gasteiger partial charge in [-0.15, -0.1) is 0 Å². The van der Waals surface area contributed by atoms with Crippen LogP contribution in [0.4, 0.5) is 5.69 Å². The van der Waals surface area contributed by atoms with Gasteiger partial charge in [0.1, 0.15) is 6.04 Å². The Balaban J connectivity index is 1.53. The Kier molecular flexibility index (Phi) is 5.11. The topological polar surface area (TPSA) is 62.3 Å². The maximum Gasteiger partial charge on any atom is 0.249 e. The fourth-order valence-electron chi connectivity index (χ4n) is 2.76. The second-order valence-electron chi connectivity index (χ2n) is 5.74. The minimum atomic E-state index is -0.456. The Hall–Kier alpha value is -2.40. The van der Waals surface area contributed by atoms with Crippen molar-refractivity contribution in [2.45, 2.75) is 25.3 Å². The first kappa shape index (κ1) is 16.5. The zero-order valence-electron chi connectivity index (χ0n) is 13.1. The first-order valence-corrected chi connectivity index (χ1v) is 8.26. The predicted octanol–water partition coefficient (Wildman–Crippen LogP) is 2.59. The van der Waals surface area contributed by atoms with Gasteiger partial charge in [-0.05, 0) is 48.7 Å². The molecule has 2 amide bonds. The quantitative estimate of drug-likeness (QED) is 0.907. The third kappa shape index (κ3) is 3.92. The van der Waals surface area contributed by atoms with Gasteiger partial charge in [0.2, 0.25) is 11.8 Å². The highest BCUT2D eigenvalue weighted by atomic mass is 35.5. The summed E-state index contributed by atoms with van der Waals surface area (Å²) in [5.41, 5.74) is 1.81. The van der Waals surface area contributed by atoms with Crippen LogP contribution in [0.15, 0.2) is 48.8 Å². The molecular formula is C18H18ClN3O2. The van der Waals surface area contributed by atoms with Crippen LogP contribution in [0, 0.1) is 0 Å². The molecule has 1 saturated heterocycles. The highest BCUT2D eigenvalue weighted by Gasteiger charge is 2.33. The first-order valence-electron chi connectivity index (χ1n) is 7.89. The number of nitrogens with zero attached hydrogens (tertiary/aromatic N) is 2. The second-order valence-corrected chi connectivity index (χ2v) is 6.17. The van der Waals surface area contributed by atoms with Crippen molar-refractivity contribution in [3.05, 3.63) is 59.4 Å². The van der Waals surface area contributed by atoms with Gasteiger partial charge in [0.05, 0.1) is 0 Å². The number of amides is 2. The third-order valence-corrected chi connectivity index (χ3v) is 4.29. The van der Waals surface area contributed by atoms with E-state index in [9.17, 15) is 9.59 Å². The van der Waals surface area contributed by atoms with Crippen LogP contribution in [0.3, 0.4) is 0 Å². The van der Waals surface area contributed by atoms with Crippen molar-refractivity contribution in [3.8, 4) is 0 Å². The number of rotatable bonds is 5. The number of anilines is 1. The summed E-state index contributed by atoms with van der Waals surface area (Å²) in [4.78, 5) is 30.3. The molecule has 0 saturated carbocycles. The number of hydrogen-bond acceptors (Lipinski definition) is 3. The molecule has 6 heteroatoms. The van der Waals surface area contributed by atoms with E-state index in [1.165, 1.54) is 0 Å². The average Bonchev–Trinajstić information content (AvgIpc) is 2.95. The van der Waals surface area contributed by atoms with Crippen LogP contribution >= 0.6 is 11.6 Å². The van der Waals surface area contributed by atoms with E-state index >= 15 is 0 Å². The molecule has 5 nitrogen and oxygen atoms in total. The van der Waals surface area contributed by atoms with E-state index in [4.69, 9.17) is 11.6 Å². The fraction of sp³-hybridized carbons (Fsp3) is 0.278. The Morgan fingerprint density at radius 1 is 1.29 bits per heavy atom. The minimum absolute atomic E-state index is 0.0768. The molecule has 0 spiro atoms. The average molecular weight is 344 g/mol. The number of nitrogens with one attached hydrogen (secondary N) is 1. The molecule has 124 valence electrons. The van der Waals surface area contributed by atoms with Crippen LogP contribution in [-0.4, -0.2) is 29.4 Å². The molecule has 1 N–H and O–H groups in total. The predicted molar refractivity (Wildman–Crippen MR) is 92.9 cm³/mol. The molecule has 1 atom stereocenters. The SMILES string of the molecule is O=C(CCc1cccnc1)N[C@H]1CCN(c2ccc(Cl)cc2)C1=O. The summed E-state index contributed by atoms with van der Waals surface area (Å²) in [6.45, 7) is 0.591. The second kappa shape index (κ2) is 7.45.